The highest BCUT2D eigenvalue weighted by molar-refractivity contribution is 6.08. The molecule has 1 aliphatic rings. The third-order valence-electron chi connectivity index (χ3n) is 6.34. The lowest BCUT2D eigenvalue weighted by molar-refractivity contribution is -0.137. The number of amides is 1. The first-order chi connectivity index (χ1) is 18.8. The second-order valence-electron chi connectivity index (χ2n) is 8.87. The quantitative estimate of drug-likeness (QED) is 0.353. The molecule has 0 bridgehead atoms. The zero-order chi connectivity index (χ0) is 27.9. The molecule has 4 rings (SSSR count). The number of hydrogen-bond acceptors (Lipinski definition) is 6. The molecule has 39 heavy (non-hydrogen) atoms. The predicted molar refractivity (Wildman–Crippen MR) is 145 cm³/mol. The standard InChI is InChI=1S/C30H29FN2O6/c1-18-23(12-19-13-26(37-2)30(27(14-19)38-3)39-11-9-29(35)36)22-8-7-20(31)15-25(22)24(18)16-28(34)33-17-21-6-4-5-10-32-21/h4-8,10,12-15H,9,11,16-17H2,1-3H3,(H,33,34)(H,35,36). The van der Waals surface area contributed by atoms with Crippen molar-refractivity contribution in [1.82, 2.24) is 10.3 Å². The number of benzene rings is 2. The number of carboxylic acid groups (broad SMARTS) is 1. The van der Waals surface area contributed by atoms with Gasteiger partial charge in [0.2, 0.25) is 11.7 Å². The van der Waals surface area contributed by atoms with Gasteiger partial charge in [-0.15, -0.1) is 0 Å². The van der Waals surface area contributed by atoms with E-state index in [-0.39, 0.29) is 31.2 Å². The maximum atomic E-state index is 14.3. The smallest absolute Gasteiger partial charge is 0.306 e. The summed E-state index contributed by atoms with van der Waals surface area (Å²) in [6, 6.07) is 13.5. The maximum Gasteiger partial charge on any atom is 0.306 e. The Hall–Kier alpha value is -4.66. The van der Waals surface area contributed by atoms with E-state index < -0.39 is 5.97 Å². The first-order valence-electron chi connectivity index (χ1n) is 12.3. The molecule has 8 nitrogen and oxygen atoms in total. The second-order valence-corrected chi connectivity index (χ2v) is 8.87. The molecule has 1 aromatic heterocycles. The van der Waals surface area contributed by atoms with Gasteiger partial charge in [0.15, 0.2) is 11.5 Å². The Kier molecular flexibility index (Phi) is 8.60. The third kappa shape index (κ3) is 6.43. The minimum absolute atomic E-state index is 0.0466. The molecule has 3 aromatic rings. The van der Waals surface area contributed by atoms with Gasteiger partial charge in [-0.05, 0) is 82.8 Å². The molecule has 2 N–H and O–H groups in total. The van der Waals surface area contributed by atoms with E-state index >= 15 is 0 Å². The number of carbonyl (C=O) groups excluding carboxylic acids is 1. The molecular weight excluding hydrogens is 503 g/mol. The summed E-state index contributed by atoms with van der Waals surface area (Å²) in [6.07, 6.45) is 3.49. The van der Waals surface area contributed by atoms with Crippen molar-refractivity contribution in [2.45, 2.75) is 26.3 Å². The molecule has 9 heteroatoms. The van der Waals surface area contributed by atoms with Crippen LogP contribution in [0.3, 0.4) is 0 Å². The van der Waals surface area contributed by atoms with Crippen LogP contribution >= 0.6 is 0 Å². The van der Waals surface area contributed by atoms with Crippen LogP contribution in [-0.4, -0.2) is 42.8 Å². The summed E-state index contributed by atoms with van der Waals surface area (Å²) >= 11 is 0. The fourth-order valence-corrected chi connectivity index (χ4v) is 4.43. The lowest BCUT2D eigenvalue weighted by atomic mass is 10.00. The first-order valence-corrected chi connectivity index (χ1v) is 12.3. The maximum absolute atomic E-state index is 14.3. The molecule has 0 fully saturated rings. The third-order valence-corrected chi connectivity index (χ3v) is 6.34. The van der Waals surface area contributed by atoms with Gasteiger partial charge in [0.25, 0.3) is 0 Å². The molecule has 202 valence electrons. The topological polar surface area (TPSA) is 107 Å². The zero-order valence-corrected chi connectivity index (χ0v) is 21.9. The van der Waals surface area contributed by atoms with Crippen molar-refractivity contribution >= 4 is 29.1 Å². The van der Waals surface area contributed by atoms with Crippen LogP contribution in [0.1, 0.15) is 42.1 Å². The summed E-state index contributed by atoms with van der Waals surface area (Å²) in [6.45, 7) is 2.16. The number of nitrogens with one attached hydrogen (secondary N) is 1. The van der Waals surface area contributed by atoms with E-state index in [1.165, 1.54) is 26.4 Å². The second kappa shape index (κ2) is 12.3. The van der Waals surface area contributed by atoms with Crippen molar-refractivity contribution in [3.05, 3.63) is 88.5 Å². The summed E-state index contributed by atoms with van der Waals surface area (Å²) in [5.41, 5.74) is 5.36. The fraction of sp³-hybridized carbons (Fsp3) is 0.233. The Balaban J connectivity index is 1.66. The van der Waals surface area contributed by atoms with Crippen LogP contribution in [-0.2, 0) is 16.1 Å². The van der Waals surface area contributed by atoms with Gasteiger partial charge in [0, 0.05) is 6.20 Å². The monoisotopic (exact) mass is 532 g/mol. The summed E-state index contributed by atoms with van der Waals surface area (Å²) < 4.78 is 30.9. The van der Waals surface area contributed by atoms with Crippen molar-refractivity contribution in [1.29, 1.82) is 0 Å². The highest BCUT2D eigenvalue weighted by Gasteiger charge is 2.26. The molecule has 1 heterocycles. The zero-order valence-electron chi connectivity index (χ0n) is 21.9. The molecule has 2 aromatic carbocycles. The number of halogens is 1. The van der Waals surface area contributed by atoms with Gasteiger partial charge >= 0.3 is 5.97 Å². The van der Waals surface area contributed by atoms with E-state index in [1.807, 2.05) is 31.2 Å². The molecule has 1 amide bonds. The highest BCUT2D eigenvalue weighted by atomic mass is 19.1. The molecule has 0 spiro atoms. The number of hydrogen-bond donors (Lipinski definition) is 2. The first kappa shape index (κ1) is 27.4. The average Bonchev–Trinajstić information content (AvgIpc) is 3.17. The van der Waals surface area contributed by atoms with E-state index in [4.69, 9.17) is 19.3 Å². The molecule has 1 aliphatic carbocycles. The van der Waals surface area contributed by atoms with E-state index in [0.717, 1.165) is 33.5 Å². The number of methoxy groups -OCH3 is 2. The number of aromatic nitrogens is 1. The number of aliphatic carboxylic acids is 1. The Labute approximate surface area is 225 Å². The van der Waals surface area contributed by atoms with Crippen molar-refractivity contribution < 1.29 is 33.3 Å². The lowest BCUT2D eigenvalue weighted by Gasteiger charge is -2.15. The molecule has 0 aliphatic heterocycles. The van der Waals surface area contributed by atoms with Gasteiger partial charge in [-0.25, -0.2) is 4.39 Å². The number of carbonyl (C=O) groups is 2. The number of rotatable bonds is 11. The van der Waals surface area contributed by atoms with Crippen LogP contribution < -0.4 is 19.5 Å². The van der Waals surface area contributed by atoms with Crippen LogP contribution in [0.5, 0.6) is 17.2 Å². The normalized spacial score (nSPS) is 13.3. The van der Waals surface area contributed by atoms with Crippen LogP contribution in [0, 0.1) is 5.82 Å². The van der Waals surface area contributed by atoms with Gasteiger partial charge < -0.3 is 24.6 Å². The Morgan fingerprint density at radius 1 is 1.05 bits per heavy atom. The Morgan fingerprint density at radius 2 is 1.79 bits per heavy atom. The lowest BCUT2D eigenvalue weighted by Crippen LogP contribution is -2.23. The minimum Gasteiger partial charge on any atom is -0.493 e. The molecule has 0 unspecified atom stereocenters. The van der Waals surface area contributed by atoms with Crippen LogP contribution in [0.15, 0.2) is 60.3 Å². The Bertz CT molecular complexity index is 1420. The number of allylic oxidation sites excluding steroid dienone is 2. The molecule has 0 radical (unpaired) electrons. The number of carboxylic acids is 1. The molecule has 0 saturated heterocycles. The van der Waals surface area contributed by atoms with Crippen molar-refractivity contribution in [2.75, 3.05) is 20.8 Å². The highest BCUT2D eigenvalue weighted by Crippen LogP contribution is 2.45. The van der Waals surface area contributed by atoms with Gasteiger partial charge in [-0.2, -0.15) is 0 Å². The van der Waals surface area contributed by atoms with E-state index in [1.54, 1.807) is 24.4 Å². The van der Waals surface area contributed by atoms with Crippen molar-refractivity contribution in [3.63, 3.8) is 0 Å². The summed E-state index contributed by atoms with van der Waals surface area (Å²) in [5, 5.41) is 11.8. The van der Waals surface area contributed by atoms with E-state index in [0.29, 0.717) is 29.4 Å². The van der Waals surface area contributed by atoms with Crippen molar-refractivity contribution in [2.24, 2.45) is 0 Å². The number of fused-ring (bicyclic) bond motifs is 1. The van der Waals surface area contributed by atoms with Gasteiger partial charge in [0.1, 0.15) is 5.82 Å². The van der Waals surface area contributed by atoms with Crippen molar-refractivity contribution in [3.8, 4) is 17.2 Å². The summed E-state index contributed by atoms with van der Waals surface area (Å²) in [7, 11) is 2.96. The van der Waals surface area contributed by atoms with Crippen LogP contribution in [0.4, 0.5) is 4.39 Å². The van der Waals surface area contributed by atoms with Crippen LogP contribution in [0.25, 0.3) is 17.2 Å². The van der Waals surface area contributed by atoms with Gasteiger partial charge in [0.05, 0.1) is 45.9 Å². The summed E-state index contributed by atoms with van der Waals surface area (Å²) in [4.78, 5) is 27.9. The van der Waals surface area contributed by atoms with Crippen LogP contribution in [0.2, 0.25) is 0 Å². The van der Waals surface area contributed by atoms with Gasteiger partial charge in [-0.1, -0.05) is 12.1 Å². The fourth-order valence-electron chi connectivity index (χ4n) is 4.43. The number of ether oxygens (including phenoxy) is 3. The van der Waals surface area contributed by atoms with E-state index in [9.17, 15) is 14.0 Å². The SMILES string of the molecule is COc1cc(C=C2C(C)=C(CC(=O)NCc3ccccn3)c3cc(F)ccc32)cc(OC)c1OCCC(=O)O. The molecule has 0 saturated carbocycles. The largest absolute Gasteiger partial charge is 0.493 e. The average molecular weight is 533 g/mol. The number of nitrogens with zero attached hydrogens (tertiary/aromatic N) is 1. The predicted octanol–water partition coefficient (Wildman–Crippen LogP) is 5.13. The van der Waals surface area contributed by atoms with Gasteiger partial charge in [-0.3, -0.25) is 14.6 Å². The molecular formula is C30H29FN2O6. The number of pyridine rings is 1. The van der Waals surface area contributed by atoms with E-state index in [2.05, 4.69) is 10.3 Å². The summed E-state index contributed by atoms with van der Waals surface area (Å²) in [5.74, 6) is -0.513. The Morgan fingerprint density at radius 3 is 2.44 bits per heavy atom. The minimum atomic E-state index is -0.978. The molecule has 0 atom stereocenters.